The maximum Gasteiger partial charge on any atom is 0.220 e. The van der Waals surface area contributed by atoms with Crippen LogP contribution in [0, 0.1) is 0 Å². The van der Waals surface area contributed by atoms with E-state index in [4.69, 9.17) is 28.4 Å². The maximum absolute atomic E-state index is 13.5. The molecule has 0 aromatic rings. The summed E-state index contributed by atoms with van der Waals surface area (Å²) in [6.45, 7) is 1.77. The third-order valence-electron chi connectivity index (χ3n) is 21.2. The Bertz CT molecular complexity index is 1980. The van der Waals surface area contributed by atoms with Gasteiger partial charge in [0.05, 0.1) is 38.6 Å². The van der Waals surface area contributed by atoms with Crippen LogP contribution in [0.25, 0.3) is 0 Å². The van der Waals surface area contributed by atoms with Gasteiger partial charge in [-0.2, -0.15) is 0 Å². The fourth-order valence-corrected chi connectivity index (χ4v) is 14.4. The molecule has 600 valence electrons. The predicted molar refractivity (Wildman–Crippen MR) is 406 cm³/mol. The number of carbonyl (C=O) groups is 1. The van der Waals surface area contributed by atoms with Crippen molar-refractivity contribution >= 4 is 5.91 Å². The lowest BCUT2D eigenvalue weighted by Crippen LogP contribution is -2.66. The van der Waals surface area contributed by atoms with Crippen molar-refractivity contribution in [3.05, 3.63) is 36.5 Å². The van der Waals surface area contributed by atoms with E-state index >= 15 is 0 Å². The standard InChI is InChI=1S/C83H155NO18/c1-3-5-7-9-11-13-15-17-19-21-23-25-27-29-30-31-32-33-34-35-37-38-40-42-44-46-48-50-52-54-56-58-60-67(88)66(84-71(89)61-59-57-55-53-51-49-47-45-43-41-39-36-28-26-24-22-20-18-16-14-12-10-8-6-4-2)65-97-81-77(95)74(92)79(69(63-86)99-81)102-83-78(96)75(93)80(70(64-87)100-83)101-82-76(94)73(91)72(90)68(62-85)98-82/h42,44,50,52,58,60,66-70,72-83,85-88,90-96H,3-41,43,45-49,51,53-57,59,61-65H2,1-2H3,(H,84,89)/b44-42+,52-50+,60-58+. The van der Waals surface area contributed by atoms with E-state index in [1.807, 2.05) is 6.08 Å². The highest BCUT2D eigenvalue weighted by Gasteiger charge is 2.54. The lowest BCUT2D eigenvalue weighted by molar-refractivity contribution is -0.379. The van der Waals surface area contributed by atoms with Crippen LogP contribution in [0.3, 0.4) is 0 Å². The van der Waals surface area contributed by atoms with Gasteiger partial charge < -0.3 is 89.9 Å². The fourth-order valence-electron chi connectivity index (χ4n) is 14.4. The highest BCUT2D eigenvalue weighted by atomic mass is 16.8. The number of rotatable bonds is 68. The molecule has 0 spiro atoms. The zero-order valence-corrected chi connectivity index (χ0v) is 64.4. The summed E-state index contributed by atoms with van der Waals surface area (Å²) in [7, 11) is 0. The van der Waals surface area contributed by atoms with E-state index in [1.165, 1.54) is 276 Å². The second-order valence-electron chi connectivity index (χ2n) is 30.3. The van der Waals surface area contributed by atoms with Crippen LogP contribution < -0.4 is 5.32 Å². The number of aliphatic hydroxyl groups excluding tert-OH is 11. The molecule has 19 heteroatoms. The Morgan fingerprint density at radius 2 is 0.627 bits per heavy atom. The van der Waals surface area contributed by atoms with Crippen LogP contribution in [-0.2, 0) is 33.2 Å². The van der Waals surface area contributed by atoms with Gasteiger partial charge in [0.15, 0.2) is 18.9 Å². The molecule has 3 aliphatic heterocycles. The van der Waals surface area contributed by atoms with Crippen LogP contribution in [-0.4, -0.2) is 193 Å². The quantitative estimate of drug-likeness (QED) is 0.0199. The Labute approximate surface area is 619 Å². The lowest BCUT2D eigenvalue weighted by atomic mass is 9.96. The second-order valence-corrected chi connectivity index (χ2v) is 30.3. The molecule has 3 saturated heterocycles. The largest absolute Gasteiger partial charge is 0.394 e. The minimum Gasteiger partial charge on any atom is -0.394 e. The molecular weight excluding hydrogens is 1300 g/mol. The predicted octanol–water partition coefficient (Wildman–Crippen LogP) is 14.7. The summed E-state index contributed by atoms with van der Waals surface area (Å²) in [5.74, 6) is -0.282. The SMILES string of the molecule is CCCCCCCCCCCCCCCCCCCCCCCC/C=C/CC/C=C/CC/C=C/C(O)C(COC1OC(CO)C(OC2OC(CO)C(OC3OC(CO)C(O)C(O)C3O)C(O)C2O)C(O)C1O)NC(=O)CCCCCCCCCCCCCCCCCCCCCCCCCCC. The van der Waals surface area contributed by atoms with Crippen LogP contribution in [0.5, 0.6) is 0 Å². The summed E-state index contributed by atoms with van der Waals surface area (Å²) < 4.78 is 34.5. The van der Waals surface area contributed by atoms with E-state index in [-0.39, 0.29) is 18.9 Å². The molecule has 19 nitrogen and oxygen atoms in total. The summed E-state index contributed by atoms with van der Waals surface area (Å²) >= 11 is 0. The van der Waals surface area contributed by atoms with E-state index in [1.54, 1.807) is 6.08 Å². The van der Waals surface area contributed by atoms with Crippen LogP contribution in [0.1, 0.15) is 354 Å². The molecule has 0 aliphatic carbocycles. The normalized spacial score (nSPS) is 26.3. The van der Waals surface area contributed by atoms with Gasteiger partial charge >= 0.3 is 0 Å². The number of hydrogen-bond donors (Lipinski definition) is 12. The number of hydrogen-bond acceptors (Lipinski definition) is 18. The minimum atomic E-state index is -1.98. The fraction of sp³-hybridized carbons (Fsp3) is 0.916. The molecular formula is C83H155NO18. The van der Waals surface area contributed by atoms with E-state index in [9.17, 15) is 61.0 Å². The maximum atomic E-state index is 13.5. The summed E-state index contributed by atoms with van der Waals surface area (Å²) in [5, 5.41) is 121. The summed E-state index contributed by atoms with van der Waals surface area (Å²) in [6, 6.07) is -0.996. The Balaban J connectivity index is 1.37. The molecule has 3 aliphatic rings. The van der Waals surface area contributed by atoms with Crippen molar-refractivity contribution in [2.75, 3.05) is 26.4 Å². The zero-order valence-electron chi connectivity index (χ0n) is 64.4. The van der Waals surface area contributed by atoms with Gasteiger partial charge in [0, 0.05) is 6.42 Å². The third-order valence-corrected chi connectivity index (χ3v) is 21.2. The molecule has 17 atom stereocenters. The average Bonchev–Trinajstić information content (AvgIpc) is 0.778. The Morgan fingerprint density at radius 1 is 0.343 bits per heavy atom. The molecule has 3 fully saturated rings. The average molecular weight is 1460 g/mol. The summed E-state index contributed by atoms with van der Waals surface area (Å²) in [4.78, 5) is 13.5. The number of unbranched alkanes of at least 4 members (excludes halogenated alkanes) is 48. The van der Waals surface area contributed by atoms with Crippen LogP contribution in [0.2, 0.25) is 0 Å². The molecule has 12 N–H and O–H groups in total. The number of aliphatic hydroxyl groups is 11. The van der Waals surface area contributed by atoms with Gasteiger partial charge in [-0.05, 0) is 44.9 Å². The summed E-state index contributed by atoms with van der Waals surface area (Å²) in [5.41, 5.74) is 0. The Hall–Kier alpha value is -1.99. The number of ether oxygens (including phenoxy) is 6. The van der Waals surface area contributed by atoms with Crippen LogP contribution >= 0.6 is 0 Å². The molecule has 17 unspecified atom stereocenters. The molecule has 0 bridgehead atoms. The van der Waals surface area contributed by atoms with Gasteiger partial charge in [-0.3, -0.25) is 4.79 Å². The van der Waals surface area contributed by atoms with E-state index in [0.29, 0.717) is 12.8 Å². The van der Waals surface area contributed by atoms with Crippen molar-refractivity contribution in [1.82, 2.24) is 5.32 Å². The van der Waals surface area contributed by atoms with E-state index in [2.05, 4.69) is 43.5 Å². The molecule has 0 radical (unpaired) electrons. The molecule has 0 saturated carbocycles. The van der Waals surface area contributed by atoms with Gasteiger partial charge in [0.2, 0.25) is 5.91 Å². The van der Waals surface area contributed by atoms with E-state index in [0.717, 1.165) is 44.9 Å². The van der Waals surface area contributed by atoms with Gasteiger partial charge in [0.1, 0.15) is 73.2 Å². The van der Waals surface area contributed by atoms with E-state index < -0.39 is 124 Å². The highest BCUT2D eigenvalue weighted by Crippen LogP contribution is 2.33. The number of carbonyl (C=O) groups excluding carboxylic acids is 1. The van der Waals surface area contributed by atoms with Crippen molar-refractivity contribution in [3.8, 4) is 0 Å². The van der Waals surface area contributed by atoms with Crippen LogP contribution in [0.15, 0.2) is 36.5 Å². The first-order valence-corrected chi connectivity index (χ1v) is 42.2. The van der Waals surface area contributed by atoms with Gasteiger partial charge in [0.25, 0.3) is 0 Å². The molecule has 3 heterocycles. The van der Waals surface area contributed by atoms with Crippen molar-refractivity contribution in [2.24, 2.45) is 0 Å². The number of nitrogens with one attached hydrogen (secondary N) is 1. The Morgan fingerprint density at radius 3 is 0.980 bits per heavy atom. The molecule has 1 amide bonds. The zero-order chi connectivity index (χ0) is 73.9. The summed E-state index contributed by atoms with van der Waals surface area (Å²) in [6.07, 6.45) is 53.0. The first-order chi connectivity index (χ1) is 49.8. The molecule has 3 rings (SSSR count). The molecule has 0 aromatic carbocycles. The van der Waals surface area contributed by atoms with Crippen LogP contribution in [0.4, 0.5) is 0 Å². The van der Waals surface area contributed by atoms with Gasteiger partial charge in [-0.1, -0.05) is 339 Å². The molecule has 0 aromatic heterocycles. The van der Waals surface area contributed by atoms with Crippen molar-refractivity contribution in [3.63, 3.8) is 0 Å². The second kappa shape index (κ2) is 63.9. The monoisotopic (exact) mass is 1450 g/mol. The lowest BCUT2D eigenvalue weighted by Gasteiger charge is -2.48. The molecule has 102 heavy (non-hydrogen) atoms. The Kier molecular flexibility index (Phi) is 59.0. The number of allylic oxidation sites excluding steroid dienone is 5. The topological polar surface area (TPSA) is 307 Å². The van der Waals surface area contributed by atoms with Gasteiger partial charge in [-0.15, -0.1) is 0 Å². The highest BCUT2D eigenvalue weighted by molar-refractivity contribution is 5.76. The number of amides is 1. The first kappa shape index (κ1) is 94.2. The first-order valence-electron chi connectivity index (χ1n) is 42.2. The van der Waals surface area contributed by atoms with Crippen molar-refractivity contribution in [2.45, 2.75) is 458 Å². The minimum absolute atomic E-state index is 0.236. The van der Waals surface area contributed by atoms with Crippen molar-refractivity contribution < 1.29 is 89.4 Å². The third kappa shape index (κ3) is 43.3. The van der Waals surface area contributed by atoms with Crippen molar-refractivity contribution in [1.29, 1.82) is 0 Å². The smallest absolute Gasteiger partial charge is 0.220 e. The van der Waals surface area contributed by atoms with Gasteiger partial charge in [-0.25, -0.2) is 0 Å².